The van der Waals surface area contributed by atoms with Crippen molar-refractivity contribution in [3.63, 3.8) is 0 Å². The third kappa shape index (κ3) is 11.7. The average molecular weight is 476 g/mol. The van der Waals surface area contributed by atoms with E-state index in [2.05, 4.69) is 6.92 Å². The van der Waals surface area contributed by atoms with Crippen LogP contribution < -0.4 is 10.2 Å². The zero-order valence-electron chi connectivity index (χ0n) is 21.7. The molecule has 1 fully saturated rings. The molecule has 1 atom stereocenters. The van der Waals surface area contributed by atoms with E-state index in [1.807, 2.05) is 4.57 Å². The standard InChI is InChI=1S/C29H49NO4/c1-2-3-4-5-6-7-8-9-10-11-12-13-14-15-16-18-22-30-23-21-27(32)29(26(30)25-31)34-28-20-17-19-24-33-28/h21,23,25,28H,2-20,22,24H2,1H3. The number of hydrogen-bond acceptors (Lipinski definition) is 4. The van der Waals surface area contributed by atoms with Crippen LogP contribution in [0.2, 0.25) is 0 Å². The highest BCUT2D eigenvalue weighted by Gasteiger charge is 2.20. The van der Waals surface area contributed by atoms with Crippen molar-refractivity contribution in [2.45, 2.75) is 142 Å². The summed E-state index contributed by atoms with van der Waals surface area (Å²) in [5.74, 6) is 0.140. The van der Waals surface area contributed by atoms with Crippen LogP contribution in [0.15, 0.2) is 17.1 Å². The molecule has 1 aromatic heterocycles. The van der Waals surface area contributed by atoms with Gasteiger partial charge in [0.05, 0.1) is 6.61 Å². The molecule has 1 unspecified atom stereocenters. The fraction of sp³-hybridized carbons (Fsp3) is 0.793. The van der Waals surface area contributed by atoms with Gasteiger partial charge in [0.25, 0.3) is 0 Å². The van der Waals surface area contributed by atoms with Crippen molar-refractivity contribution in [1.82, 2.24) is 4.57 Å². The molecule has 2 rings (SSSR count). The van der Waals surface area contributed by atoms with Crippen molar-refractivity contribution >= 4 is 6.29 Å². The Morgan fingerprint density at radius 2 is 1.44 bits per heavy atom. The van der Waals surface area contributed by atoms with Crippen LogP contribution in [0.5, 0.6) is 5.75 Å². The number of unbranched alkanes of at least 4 members (excludes halogenated alkanes) is 15. The third-order valence-electron chi connectivity index (χ3n) is 6.92. The van der Waals surface area contributed by atoms with Gasteiger partial charge in [-0.2, -0.15) is 0 Å². The Morgan fingerprint density at radius 1 is 0.882 bits per heavy atom. The van der Waals surface area contributed by atoms with Crippen LogP contribution in [0.1, 0.15) is 139 Å². The van der Waals surface area contributed by atoms with Crippen LogP contribution in [0, 0.1) is 0 Å². The summed E-state index contributed by atoms with van der Waals surface area (Å²) in [6, 6.07) is 1.50. The lowest BCUT2D eigenvalue weighted by Crippen LogP contribution is -2.28. The van der Waals surface area contributed by atoms with E-state index in [-0.39, 0.29) is 11.2 Å². The molecule has 1 aromatic rings. The predicted molar refractivity (Wildman–Crippen MR) is 140 cm³/mol. The second-order valence-corrected chi connectivity index (χ2v) is 9.92. The fourth-order valence-electron chi connectivity index (χ4n) is 4.77. The van der Waals surface area contributed by atoms with Gasteiger partial charge in [0, 0.05) is 25.2 Å². The van der Waals surface area contributed by atoms with Crippen molar-refractivity contribution in [2.24, 2.45) is 0 Å². The summed E-state index contributed by atoms with van der Waals surface area (Å²) in [6.45, 7) is 3.65. The Balaban J connectivity index is 1.53. The van der Waals surface area contributed by atoms with Gasteiger partial charge in [-0.15, -0.1) is 0 Å². The summed E-state index contributed by atoms with van der Waals surface area (Å²) in [7, 11) is 0. The van der Waals surface area contributed by atoms with Gasteiger partial charge in [-0.05, 0) is 19.3 Å². The molecule has 0 amide bonds. The molecule has 0 N–H and O–H groups in total. The summed E-state index contributed by atoms with van der Waals surface area (Å²) >= 11 is 0. The lowest BCUT2D eigenvalue weighted by molar-refractivity contribution is -0.106. The largest absolute Gasteiger partial charge is 0.459 e. The summed E-state index contributed by atoms with van der Waals surface area (Å²) in [5.41, 5.74) is 0.0853. The number of carbonyl (C=O) groups excluding carboxylic acids is 1. The predicted octanol–water partition coefficient (Wildman–Crippen LogP) is 7.83. The summed E-state index contributed by atoms with van der Waals surface area (Å²) < 4.78 is 13.2. The van der Waals surface area contributed by atoms with Crippen LogP contribution in [-0.2, 0) is 11.3 Å². The highest BCUT2D eigenvalue weighted by atomic mass is 16.7. The smallest absolute Gasteiger partial charge is 0.224 e. The van der Waals surface area contributed by atoms with Gasteiger partial charge < -0.3 is 14.0 Å². The number of pyridine rings is 1. The molecule has 1 saturated heterocycles. The molecule has 5 nitrogen and oxygen atoms in total. The fourth-order valence-corrected chi connectivity index (χ4v) is 4.77. The van der Waals surface area contributed by atoms with E-state index in [9.17, 15) is 9.59 Å². The van der Waals surface area contributed by atoms with Gasteiger partial charge in [0.2, 0.25) is 5.43 Å². The SMILES string of the molecule is CCCCCCCCCCCCCCCCCCn1ccc(=O)c(OC2CCCCO2)c1C=O. The maximum Gasteiger partial charge on any atom is 0.224 e. The molecule has 0 bridgehead atoms. The van der Waals surface area contributed by atoms with Crippen LogP contribution in [0.4, 0.5) is 0 Å². The molecule has 2 heterocycles. The molecule has 0 saturated carbocycles. The van der Waals surface area contributed by atoms with E-state index in [1.54, 1.807) is 6.20 Å². The lowest BCUT2D eigenvalue weighted by Gasteiger charge is -2.24. The first-order valence-electron chi connectivity index (χ1n) is 14.2. The number of ether oxygens (including phenoxy) is 2. The van der Waals surface area contributed by atoms with Crippen molar-refractivity contribution in [2.75, 3.05) is 6.61 Å². The van der Waals surface area contributed by atoms with Gasteiger partial charge in [-0.3, -0.25) is 9.59 Å². The molecule has 194 valence electrons. The van der Waals surface area contributed by atoms with E-state index in [4.69, 9.17) is 9.47 Å². The average Bonchev–Trinajstić information content (AvgIpc) is 2.86. The Labute approximate surface area is 207 Å². The zero-order chi connectivity index (χ0) is 24.3. The van der Waals surface area contributed by atoms with Crippen molar-refractivity contribution in [3.05, 3.63) is 28.2 Å². The number of aromatic nitrogens is 1. The Kier molecular flexibility index (Phi) is 15.7. The first kappa shape index (κ1) is 28.6. The minimum Gasteiger partial charge on any atom is -0.459 e. The molecule has 5 heteroatoms. The normalized spacial score (nSPS) is 16.0. The van der Waals surface area contributed by atoms with Crippen LogP contribution in [0.3, 0.4) is 0 Å². The monoisotopic (exact) mass is 475 g/mol. The molecule has 1 aliphatic heterocycles. The summed E-state index contributed by atoms with van der Waals surface area (Å²) in [5, 5.41) is 0. The number of aldehydes is 1. The highest BCUT2D eigenvalue weighted by molar-refractivity contribution is 5.76. The van der Waals surface area contributed by atoms with Gasteiger partial charge in [-0.25, -0.2) is 0 Å². The van der Waals surface area contributed by atoms with Crippen LogP contribution >= 0.6 is 0 Å². The molecule has 1 aliphatic rings. The molecular weight excluding hydrogens is 426 g/mol. The number of nitrogens with zero attached hydrogens (tertiary/aromatic N) is 1. The number of aryl methyl sites for hydroxylation is 1. The van der Waals surface area contributed by atoms with Crippen LogP contribution in [0.25, 0.3) is 0 Å². The quantitative estimate of drug-likeness (QED) is 0.142. The Bertz CT molecular complexity index is 709. The van der Waals surface area contributed by atoms with E-state index in [1.165, 1.54) is 96.0 Å². The van der Waals surface area contributed by atoms with Crippen molar-refractivity contribution in [1.29, 1.82) is 0 Å². The van der Waals surface area contributed by atoms with Crippen molar-refractivity contribution < 1.29 is 14.3 Å². The molecule has 0 radical (unpaired) electrons. The van der Waals surface area contributed by atoms with E-state index in [0.29, 0.717) is 12.3 Å². The number of rotatable bonds is 20. The minimum atomic E-state index is -0.424. The summed E-state index contributed by atoms with van der Waals surface area (Å²) in [6.07, 6.45) is 26.2. The number of hydrogen-bond donors (Lipinski definition) is 0. The van der Waals surface area contributed by atoms with Gasteiger partial charge in [-0.1, -0.05) is 103 Å². The first-order valence-corrected chi connectivity index (χ1v) is 14.2. The highest BCUT2D eigenvalue weighted by Crippen LogP contribution is 2.20. The molecule has 0 spiro atoms. The van der Waals surface area contributed by atoms with E-state index < -0.39 is 6.29 Å². The van der Waals surface area contributed by atoms with Crippen LogP contribution in [-0.4, -0.2) is 23.8 Å². The number of carbonyl (C=O) groups is 1. The molecule has 0 aliphatic carbocycles. The Hall–Kier alpha value is -1.62. The maximum absolute atomic E-state index is 12.3. The molecular formula is C29H49NO4. The van der Waals surface area contributed by atoms with Gasteiger partial charge in [0.1, 0.15) is 5.69 Å². The zero-order valence-corrected chi connectivity index (χ0v) is 21.7. The van der Waals surface area contributed by atoms with Gasteiger partial charge >= 0.3 is 0 Å². The maximum atomic E-state index is 12.3. The molecule has 0 aromatic carbocycles. The van der Waals surface area contributed by atoms with E-state index >= 15 is 0 Å². The summed E-state index contributed by atoms with van der Waals surface area (Å²) in [4.78, 5) is 24.0. The molecule has 34 heavy (non-hydrogen) atoms. The van der Waals surface area contributed by atoms with Gasteiger partial charge in [0.15, 0.2) is 18.3 Å². The lowest BCUT2D eigenvalue weighted by atomic mass is 10.0. The Morgan fingerprint density at radius 3 is 1.94 bits per heavy atom. The second kappa shape index (κ2) is 18.7. The van der Waals surface area contributed by atoms with E-state index in [0.717, 1.165) is 44.9 Å². The topological polar surface area (TPSA) is 57.5 Å². The van der Waals surface area contributed by atoms with Crippen molar-refractivity contribution in [3.8, 4) is 5.75 Å². The third-order valence-corrected chi connectivity index (χ3v) is 6.92. The second-order valence-electron chi connectivity index (χ2n) is 9.92. The minimum absolute atomic E-state index is 0.140. The first-order chi connectivity index (χ1) is 16.8.